The van der Waals surface area contributed by atoms with E-state index in [2.05, 4.69) is 18.2 Å². The first kappa shape index (κ1) is 12.9. The molecule has 2 N–H and O–H groups in total. The fraction of sp³-hybridized carbons (Fsp3) is 0.294. The highest BCUT2D eigenvalue weighted by atomic mass is 16.5. The van der Waals surface area contributed by atoms with E-state index in [0.29, 0.717) is 6.61 Å². The van der Waals surface area contributed by atoms with Crippen molar-refractivity contribution < 1.29 is 9.47 Å². The molecule has 3 nitrogen and oxygen atoms in total. The van der Waals surface area contributed by atoms with Gasteiger partial charge in [0, 0.05) is 18.5 Å². The summed E-state index contributed by atoms with van der Waals surface area (Å²) in [6, 6.07) is 12.2. The Bertz CT molecular complexity index is 622. The molecular weight excluding hydrogens is 250 g/mol. The summed E-state index contributed by atoms with van der Waals surface area (Å²) in [4.78, 5) is 0. The summed E-state index contributed by atoms with van der Waals surface area (Å²) >= 11 is 0. The van der Waals surface area contributed by atoms with E-state index in [0.717, 1.165) is 42.2 Å². The molecule has 0 saturated heterocycles. The van der Waals surface area contributed by atoms with Crippen molar-refractivity contribution >= 4 is 5.69 Å². The van der Waals surface area contributed by atoms with Gasteiger partial charge in [0.05, 0.1) is 13.2 Å². The van der Waals surface area contributed by atoms with Crippen LogP contribution in [0.5, 0.6) is 11.5 Å². The van der Waals surface area contributed by atoms with Gasteiger partial charge in [0.1, 0.15) is 11.5 Å². The smallest absolute Gasteiger partial charge is 0.122 e. The van der Waals surface area contributed by atoms with E-state index in [1.165, 1.54) is 11.1 Å². The molecule has 104 valence electrons. The fourth-order valence-electron chi connectivity index (χ4n) is 2.42. The van der Waals surface area contributed by atoms with Crippen LogP contribution in [-0.4, -0.2) is 13.2 Å². The zero-order valence-electron chi connectivity index (χ0n) is 11.7. The molecule has 0 amide bonds. The van der Waals surface area contributed by atoms with Crippen LogP contribution in [0, 0.1) is 6.92 Å². The molecule has 3 rings (SSSR count). The molecule has 0 fully saturated rings. The standard InChI is InChI=1S/C17H19NO2/c1-12-10-15(3-4-16(12)18)19-8-6-13-2-5-17-14(11-13)7-9-20-17/h2-5,10-11H,6-9,18H2,1H3. The Morgan fingerprint density at radius 2 is 2.10 bits per heavy atom. The molecular formula is C17H19NO2. The number of hydrogen-bond donors (Lipinski definition) is 1. The Kier molecular flexibility index (Phi) is 3.50. The van der Waals surface area contributed by atoms with Crippen LogP contribution in [0.15, 0.2) is 36.4 Å². The number of benzene rings is 2. The van der Waals surface area contributed by atoms with Gasteiger partial charge in [-0.05, 0) is 47.9 Å². The highest BCUT2D eigenvalue weighted by Crippen LogP contribution is 2.26. The fourth-order valence-corrected chi connectivity index (χ4v) is 2.42. The SMILES string of the molecule is Cc1cc(OCCc2ccc3c(c2)CCO3)ccc1N. The van der Waals surface area contributed by atoms with Crippen LogP contribution in [0.25, 0.3) is 0 Å². The molecule has 1 aliphatic rings. The van der Waals surface area contributed by atoms with E-state index in [-0.39, 0.29) is 0 Å². The third kappa shape index (κ3) is 2.72. The number of aryl methyl sites for hydroxylation is 1. The zero-order valence-corrected chi connectivity index (χ0v) is 11.7. The van der Waals surface area contributed by atoms with E-state index in [1.54, 1.807) is 0 Å². The summed E-state index contributed by atoms with van der Waals surface area (Å²) in [5, 5.41) is 0. The molecule has 0 aliphatic carbocycles. The van der Waals surface area contributed by atoms with Gasteiger partial charge in [-0.25, -0.2) is 0 Å². The van der Waals surface area contributed by atoms with Gasteiger partial charge < -0.3 is 15.2 Å². The van der Waals surface area contributed by atoms with Crippen LogP contribution >= 0.6 is 0 Å². The lowest BCUT2D eigenvalue weighted by molar-refractivity contribution is 0.321. The first-order valence-electron chi connectivity index (χ1n) is 6.96. The van der Waals surface area contributed by atoms with Crippen LogP contribution in [0.1, 0.15) is 16.7 Å². The minimum Gasteiger partial charge on any atom is -0.493 e. The van der Waals surface area contributed by atoms with Gasteiger partial charge in [-0.2, -0.15) is 0 Å². The molecule has 0 unspecified atom stereocenters. The predicted octanol–water partition coefficient (Wildman–Crippen LogP) is 3.13. The first-order chi connectivity index (χ1) is 9.72. The van der Waals surface area contributed by atoms with Crippen molar-refractivity contribution in [1.82, 2.24) is 0 Å². The van der Waals surface area contributed by atoms with Gasteiger partial charge in [0.15, 0.2) is 0 Å². The number of nitrogen functional groups attached to an aromatic ring is 1. The number of rotatable bonds is 4. The van der Waals surface area contributed by atoms with Gasteiger partial charge in [0.25, 0.3) is 0 Å². The van der Waals surface area contributed by atoms with E-state index in [4.69, 9.17) is 15.2 Å². The summed E-state index contributed by atoms with van der Waals surface area (Å²) in [6.07, 6.45) is 1.91. The van der Waals surface area contributed by atoms with Crippen molar-refractivity contribution in [1.29, 1.82) is 0 Å². The Balaban J connectivity index is 1.58. The summed E-state index contributed by atoms with van der Waals surface area (Å²) in [6.45, 7) is 3.46. The normalized spacial score (nSPS) is 12.8. The van der Waals surface area contributed by atoms with Crippen molar-refractivity contribution in [3.8, 4) is 11.5 Å². The van der Waals surface area contributed by atoms with Crippen LogP contribution in [0.3, 0.4) is 0 Å². The van der Waals surface area contributed by atoms with Gasteiger partial charge in [-0.15, -0.1) is 0 Å². The maximum Gasteiger partial charge on any atom is 0.122 e. The van der Waals surface area contributed by atoms with E-state index in [1.807, 2.05) is 25.1 Å². The first-order valence-corrected chi connectivity index (χ1v) is 6.96. The number of hydrogen-bond acceptors (Lipinski definition) is 3. The average Bonchev–Trinajstić information content (AvgIpc) is 2.90. The topological polar surface area (TPSA) is 44.5 Å². The molecule has 1 heterocycles. The van der Waals surface area contributed by atoms with Crippen LogP contribution in [0.2, 0.25) is 0 Å². The average molecular weight is 269 g/mol. The van der Waals surface area contributed by atoms with Crippen LogP contribution in [0.4, 0.5) is 5.69 Å². The number of fused-ring (bicyclic) bond motifs is 1. The molecule has 1 aliphatic heterocycles. The minimum absolute atomic E-state index is 0.670. The quantitative estimate of drug-likeness (QED) is 0.867. The van der Waals surface area contributed by atoms with Crippen molar-refractivity contribution in [2.24, 2.45) is 0 Å². The minimum atomic E-state index is 0.670. The third-order valence-corrected chi connectivity index (χ3v) is 3.65. The molecule has 0 bridgehead atoms. The molecule has 0 atom stereocenters. The monoisotopic (exact) mass is 269 g/mol. The molecule has 20 heavy (non-hydrogen) atoms. The van der Waals surface area contributed by atoms with Crippen molar-refractivity contribution in [2.75, 3.05) is 18.9 Å². The second-order valence-corrected chi connectivity index (χ2v) is 5.16. The summed E-state index contributed by atoms with van der Waals surface area (Å²) in [7, 11) is 0. The lowest BCUT2D eigenvalue weighted by atomic mass is 10.1. The summed E-state index contributed by atoms with van der Waals surface area (Å²) in [5.74, 6) is 1.91. The van der Waals surface area contributed by atoms with Gasteiger partial charge in [-0.3, -0.25) is 0 Å². The zero-order chi connectivity index (χ0) is 13.9. The van der Waals surface area contributed by atoms with Gasteiger partial charge >= 0.3 is 0 Å². The molecule has 0 radical (unpaired) electrons. The molecule has 0 spiro atoms. The van der Waals surface area contributed by atoms with Gasteiger partial charge in [-0.1, -0.05) is 12.1 Å². The maximum atomic E-state index is 5.79. The Morgan fingerprint density at radius 1 is 1.20 bits per heavy atom. The molecule has 0 saturated carbocycles. The molecule has 2 aromatic carbocycles. The van der Waals surface area contributed by atoms with E-state index < -0.39 is 0 Å². The molecule has 3 heteroatoms. The van der Waals surface area contributed by atoms with Crippen LogP contribution in [-0.2, 0) is 12.8 Å². The number of anilines is 1. The lowest BCUT2D eigenvalue weighted by Gasteiger charge is -2.09. The second-order valence-electron chi connectivity index (χ2n) is 5.16. The van der Waals surface area contributed by atoms with E-state index in [9.17, 15) is 0 Å². The van der Waals surface area contributed by atoms with Crippen molar-refractivity contribution in [3.05, 3.63) is 53.1 Å². The summed E-state index contributed by atoms with van der Waals surface area (Å²) in [5.41, 5.74) is 10.3. The third-order valence-electron chi connectivity index (χ3n) is 3.65. The highest BCUT2D eigenvalue weighted by molar-refractivity contribution is 5.49. The highest BCUT2D eigenvalue weighted by Gasteiger charge is 2.11. The number of ether oxygens (including phenoxy) is 2. The largest absolute Gasteiger partial charge is 0.493 e. The number of nitrogens with two attached hydrogens (primary N) is 1. The molecule has 0 aromatic heterocycles. The Labute approximate surface area is 119 Å². The second kappa shape index (κ2) is 5.45. The van der Waals surface area contributed by atoms with Crippen LogP contribution < -0.4 is 15.2 Å². The Morgan fingerprint density at radius 3 is 2.95 bits per heavy atom. The lowest BCUT2D eigenvalue weighted by Crippen LogP contribution is -2.02. The molecule has 2 aromatic rings. The summed E-state index contributed by atoms with van der Waals surface area (Å²) < 4.78 is 11.3. The Hall–Kier alpha value is -2.16. The predicted molar refractivity (Wildman–Crippen MR) is 80.4 cm³/mol. The van der Waals surface area contributed by atoms with Gasteiger partial charge in [0.2, 0.25) is 0 Å². The van der Waals surface area contributed by atoms with E-state index >= 15 is 0 Å². The maximum absolute atomic E-state index is 5.79. The van der Waals surface area contributed by atoms with Crippen molar-refractivity contribution in [2.45, 2.75) is 19.8 Å². The van der Waals surface area contributed by atoms with Crippen molar-refractivity contribution in [3.63, 3.8) is 0 Å².